The summed E-state index contributed by atoms with van der Waals surface area (Å²) in [5, 5.41) is 0. The Balaban J connectivity index is 3.21. The van der Waals surface area contributed by atoms with Crippen LogP contribution >= 0.6 is 0 Å². The largest absolute Gasteiger partial charge is 0.467 e. The molecule has 1 aliphatic rings. The van der Waals surface area contributed by atoms with Crippen LogP contribution in [0.5, 0.6) is 0 Å². The number of ether oxygens (including phenoxy) is 5. The molecule has 0 aromatic rings. The summed E-state index contributed by atoms with van der Waals surface area (Å²) in [6.45, 7) is 4.97. The number of rotatable bonds is 4. The first-order valence-electron chi connectivity index (χ1n) is 6.92. The summed E-state index contributed by atoms with van der Waals surface area (Å²) >= 11 is 0. The van der Waals surface area contributed by atoms with Crippen molar-refractivity contribution in [3.05, 3.63) is 0 Å². The van der Waals surface area contributed by atoms with Crippen molar-refractivity contribution < 1.29 is 42.9 Å². The minimum absolute atomic E-state index is 0.638. The Morgan fingerprint density at radius 3 is 1.65 bits per heavy atom. The van der Waals surface area contributed by atoms with E-state index in [-0.39, 0.29) is 0 Å². The van der Waals surface area contributed by atoms with Crippen LogP contribution in [0.3, 0.4) is 0 Å². The highest BCUT2D eigenvalue weighted by Crippen LogP contribution is 2.29. The van der Waals surface area contributed by atoms with Crippen molar-refractivity contribution in [2.24, 2.45) is 0 Å². The molecule has 0 aromatic heterocycles. The lowest BCUT2D eigenvalue weighted by Crippen LogP contribution is -2.62. The third-order valence-electron chi connectivity index (χ3n) is 3.11. The number of carbonyl (C=O) groups is 4. The van der Waals surface area contributed by atoms with Crippen LogP contribution in [0.25, 0.3) is 0 Å². The van der Waals surface area contributed by atoms with E-state index < -0.39 is 54.4 Å². The van der Waals surface area contributed by atoms with Crippen molar-refractivity contribution in [1.82, 2.24) is 0 Å². The Hall–Kier alpha value is -2.16. The van der Waals surface area contributed by atoms with Crippen molar-refractivity contribution in [2.45, 2.75) is 58.2 Å². The average Bonchev–Trinajstić information content (AvgIpc) is 2.43. The third kappa shape index (κ3) is 4.92. The number of methoxy groups -OCH3 is 1. The Kier molecular flexibility index (Phi) is 6.49. The molecule has 130 valence electrons. The van der Waals surface area contributed by atoms with Crippen LogP contribution in [0.2, 0.25) is 0 Å². The lowest BCUT2D eigenvalue weighted by atomic mass is 9.94. The molecule has 1 heterocycles. The van der Waals surface area contributed by atoms with Crippen LogP contribution in [-0.4, -0.2) is 61.5 Å². The quantitative estimate of drug-likeness (QED) is 0.507. The first-order valence-corrected chi connectivity index (χ1v) is 6.92. The highest BCUT2D eigenvalue weighted by Gasteiger charge is 2.53. The molecule has 9 heteroatoms. The Bertz CT molecular complexity index is 487. The van der Waals surface area contributed by atoms with Gasteiger partial charge in [0.15, 0.2) is 24.4 Å². The Morgan fingerprint density at radius 2 is 1.22 bits per heavy atom. The topological polar surface area (TPSA) is 114 Å². The molecule has 0 aromatic carbocycles. The van der Waals surface area contributed by atoms with Gasteiger partial charge in [-0.15, -0.1) is 0 Å². The highest BCUT2D eigenvalue weighted by atomic mass is 16.7. The van der Waals surface area contributed by atoms with E-state index in [1.165, 1.54) is 13.8 Å². The molecule has 9 nitrogen and oxygen atoms in total. The van der Waals surface area contributed by atoms with E-state index in [0.717, 1.165) is 21.0 Å². The van der Waals surface area contributed by atoms with Crippen LogP contribution in [0.15, 0.2) is 0 Å². The van der Waals surface area contributed by atoms with Gasteiger partial charge in [0.05, 0.1) is 13.2 Å². The van der Waals surface area contributed by atoms with Gasteiger partial charge in [-0.25, -0.2) is 4.79 Å². The van der Waals surface area contributed by atoms with Crippen molar-refractivity contribution in [1.29, 1.82) is 0 Å². The predicted molar refractivity (Wildman–Crippen MR) is 73.0 cm³/mol. The smallest absolute Gasteiger partial charge is 0.339 e. The molecule has 0 aliphatic carbocycles. The molecule has 1 rings (SSSR count). The van der Waals surface area contributed by atoms with Gasteiger partial charge in [0.1, 0.15) is 0 Å². The Labute approximate surface area is 133 Å². The molecule has 0 radical (unpaired) electrons. The summed E-state index contributed by atoms with van der Waals surface area (Å²) in [6.07, 6.45) is -5.64. The van der Waals surface area contributed by atoms with Gasteiger partial charge in [0.2, 0.25) is 0 Å². The van der Waals surface area contributed by atoms with Crippen molar-refractivity contribution in [3.8, 4) is 0 Å². The van der Waals surface area contributed by atoms with Gasteiger partial charge in [-0.2, -0.15) is 0 Å². The summed E-state index contributed by atoms with van der Waals surface area (Å²) in [4.78, 5) is 45.8. The van der Waals surface area contributed by atoms with Crippen LogP contribution in [0.4, 0.5) is 0 Å². The molecule has 23 heavy (non-hydrogen) atoms. The van der Waals surface area contributed by atoms with E-state index in [9.17, 15) is 19.2 Å². The fourth-order valence-corrected chi connectivity index (χ4v) is 2.32. The standard InChI is InChI=1S/C14H20O9/c1-6-10(21-7(2)15)11(22-8(3)16)12(23-9(4)17)13(20-6)14(18)19-5/h6,10-13H,1-5H3. The zero-order valence-corrected chi connectivity index (χ0v) is 13.6. The maximum Gasteiger partial charge on any atom is 0.339 e. The van der Waals surface area contributed by atoms with Gasteiger partial charge in [0, 0.05) is 20.8 Å². The predicted octanol–water partition coefficient (Wildman–Crippen LogP) is -0.258. The van der Waals surface area contributed by atoms with E-state index in [4.69, 9.17) is 18.9 Å². The van der Waals surface area contributed by atoms with E-state index in [1.54, 1.807) is 0 Å². The van der Waals surface area contributed by atoms with Gasteiger partial charge in [0.25, 0.3) is 0 Å². The number of hydrogen-bond donors (Lipinski definition) is 0. The second kappa shape index (κ2) is 7.91. The molecular formula is C14H20O9. The molecule has 5 unspecified atom stereocenters. The fraction of sp³-hybridized carbons (Fsp3) is 0.714. The zero-order chi connectivity index (χ0) is 17.7. The SMILES string of the molecule is COC(=O)C1OC(C)C(OC(C)=O)C(OC(C)=O)C1OC(C)=O. The maximum atomic E-state index is 11.9. The van der Waals surface area contributed by atoms with Gasteiger partial charge in [-0.05, 0) is 6.92 Å². The second-order valence-corrected chi connectivity index (χ2v) is 5.01. The minimum Gasteiger partial charge on any atom is -0.467 e. The summed E-state index contributed by atoms with van der Waals surface area (Å²) in [6, 6.07) is 0. The monoisotopic (exact) mass is 332 g/mol. The van der Waals surface area contributed by atoms with Gasteiger partial charge >= 0.3 is 23.9 Å². The molecule has 0 bridgehead atoms. The molecule has 5 atom stereocenters. The molecule has 0 saturated carbocycles. The summed E-state index contributed by atoms with van der Waals surface area (Å²) in [5.74, 6) is -2.86. The number of hydrogen-bond acceptors (Lipinski definition) is 9. The fourth-order valence-electron chi connectivity index (χ4n) is 2.32. The van der Waals surface area contributed by atoms with Crippen LogP contribution < -0.4 is 0 Å². The first-order chi connectivity index (χ1) is 10.7. The van der Waals surface area contributed by atoms with Gasteiger partial charge in [-0.3, -0.25) is 14.4 Å². The molecule has 0 spiro atoms. The van der Waals surface area contributed by atoms with Crippen molar-refractivity contribution in [2.75, 3.05) is 7.11 Å². The molecule has 1 fully saturated rings. The first kappa shape index (κ1) is 18.9. The van der Waals surface area contributed by atoms with E-state index in [2.05, 4.69) is 4.74 Å². The minimum atomic E-state index is -1.31. The van der Waals surface area contributed by atoms with E-state index >= 15 is 0 Å². The summed E-state index contributed by atoms with van der Waals surface area (Å²) in [5.41, 5.74) is 0. The molecule has 0 N–H and O–H groups in total. The normalized spacial score (nSPS) is 30.0. The molecular weight excluding hydrogens is 312 g/mol. The van der Waals surface area contributed by atoms with Crippen LogP contribution in [0.1, 0.15) is 27.7 Å². The van der Waals surface area contributed by atoms with E-state index in [1.807, 2.05) is 0 Å². The van der Waals surface area contributed by atoms with Crippen molar-refractivity contribution in [3.63, 3.8) is 0 Å². The highest BCUT2D eigenvalue weighted by molar-refractivity contribution is 5.77. The third-order valence-corrected chi connectivity index (χ3v) is 3.11. The van der Waals surface area contributed by atoms with Gasteiger partial charge < -0.3 is 23.7 Å². The Morgan fingerprint density at radius 1 is 0.783 bits per heavy atom. The summed E-state index contributed by atoms with van der Waals surface area (Å²) < 4.78 is 25.4. The molecule has 1 saturated heterocycles. The lowest BCUT2D eigenvalue weighted by Gasteiger charge is -2.42. The van der Waals surface area contributed by atoms with E-state index in [0.29, 0.717) is 0 Å². The van der Waals surface area contributed by atoms with Crippen LogP contribution in [-0.2, 0) is 42.9 Å². The second-order valence-electron chi connectivity index (χ2n) is 5.01. The molecule has 1 aliphatic heterocycles. The maximum absolute atomic E-state index is 11.9. The van der Waals surface area contributed by atoms with Crippen LogP contribution in [0, 0.1) is 0 Å². The zero-order valence-electron chi connectivity index (χ0n) is 13.6. The average molecular weight is 332 g/mol. The molecule has 0 amide bonds. The number of carbonyl (C=O) groups excluding carboxylic acids is 4. The lowest BCUT2D eigenvalue weighted by molar-refractivity contribution is -0.245. The number of esters is 4. The van der Waals surface area contributed by atoms with Crippen molar-refractivity contribution >= 4 is 23.9 Å². The summed E-state index contributed by atoms with van der Waals surface area (Å²) in [7, 11) is 1.14. The van der Waals surface area contributed by atoms with Gasteiger partial charge in [-0.1, -0.05) is 0 Å².